The summed E-state index contributed by atoms with van der Waals surface area (Å²) in [5, 5.41) is 16.2. The Labute approximate surface area is 195 Å². The van der Waals surface area contributed by atoms with Gasteiger partial charge >= 0.3 is 16.2 Å². The molecule has 0 aliphatic heterocycles. The van der Waals surface area contributed by atoms with Crippen LogP contribution in [0, 0.1) is 11.3 Å². The second-order valence-electron chi connectivity index (χ2n) is 8.74. The molecule has 2 aliphatic rings. The molecule has 0 unspecified atom stereocenters. The summed E-state index contributed by atoms with van der Waals surface area (Å²) < 4.78 is 32.1. The molecule has 2 fully saturated rings. The van der Waals surface area contributed by atoms with Crippen LogP contribution < -0.4 is 10.0 Å². The Bertz CT molecular complexity index is 1080. The summed E-state index contributed by atoms with van der Waals surface area (Å²) in [7, 11) is -4.06. The van der Waals surface area contributed by atoms with Crippen molar-refractivity contribution in [3.05, 3.63) is 42.1 Å². The lowest BCUT2D eigenvalue weighted by atomic mass is 9.91. The van der Waals surface area contributed by atoms with Crippen LogP contribution in [0.25, 0.3) is 5.69 Å². The SMILES string of the molecule is N#Cc1cnn(-c2ccccc2)c1NC(=O)NS(=O)(=O)N(C1CCCCC1)C1CCCCC1. The van der Waals surface area contributed by atoms with Crippen molar-refractivity contribution < 1.29 is 13.2 Å². The number of nitriles is 1. The Balaban J connectivity index is 1.55. The highest BCUT2D eigenvalue weighted by Crippen LogP contribution is 2.32. The van der Waals surface area contributed by atoms with Crippen LogP contribution in [-0.4, -0.2) is 40.6 Å². The summed E-state index contributed by atoms with van der Waals surface area (Å²) in [6.07, 6.45) is 10.8. The number of nitrogens with one attached hydrogen (secondary N) is 2. The first kappa shape index (κ1) is 23.3. The van der Waals surface area contributed by atoms with Gasteiger partial charge in [0.1, 0.15) is 11.6 Å². The van der Waals surface area contributed by atoms with Gasteiger partial charge in [0.2, 0.25) is 0 Å². The van der Waals surface area contributed by atoms with Crippen molar-refractivity contribution in [3.8, 4) is 11.8 Å². The van der Waals surface area contributed by atoms with Gasteiger partial charge in [0, 0.05) is 12.1 Å². The van der Waals surface area contributed by atoms with Crippen molar-refractivity contribution in [2.75, 3.05) is 5.32 Å². The quantitative estimate of drug-likeness (QED) is 0.659. The van der Waals surface area contributed by atoms with Crippen LogP contribution in [0.5, 0.6) is 0 Å². The van der Waals surface area contributed by atoms with E-state index in [1.165, 1.54) is 10.9 Å². The Morgan fingerprint density at radius 3 is 2.12 bits per heavy atom. The Morgan fingerprint density at radius 1 is 1.00 bits per heavy atom. The maximum Gasteiger partial charge on any atom is 0.335 e. The number of benzene rings is 1. The van der Waals surface area contributed by atoms with E-state index in [0.717, 1.165) is 64.2 Å². The van der Waals surface area contributed by atoms with E-state index >= 15 is 0 Å². The lowest BCUT2D eigenvalue weighted by Gasteiger charge is -2.40. The topological polar surface area (TPSA) is 120 Å². The lowest BCUT2D eigenvalue weighted by molar-refractivity contribution is 0.168. The molecule has 2 aliphatic carbocycles. The van der Waals surface area contributed by atoms with Crippen molar-refractivity contribution >= 4 is 22.1 Å². The zero-order valence-corrected chi connectivity index (χ0v) is 19.4. The molecule has 9 nitrogen and oxygen atoms in total. The average molecular weight is 471 g/mol. The number of carbonyl (C=O) groups is 1. The number of anilines is 1. The van der Waals surface area contributed by atoms with Gasteiger partial charge in [0.25, 0.3) is 0 Å². The Kier molecular flexibility index (Phi) is 7.30. The molecule has 2 saturated carbocycles. The molecule has 10 heteroatoms. The van der Waals surface area contributed by atoms with Gasteiger partial charge in [0.15, 0.2) is 5.82 Å². The van der Waals surface area contributed by atoms with Crippen LogP contribution in [0.15, 0.2) is 36.5 Å². The summed E-state index contributed by atoms with van der Waals surface area (Å²) in [6.45, 7) is 0. The van der Waals surface area contributed by atoms with Crippen LogP contribution >= 0.6 is 0 Å². The molecular weight excluding hydrogens is 440 g/mol. The largest absolute Gasteiger partial charge is 0.335 e. The molecule has 1 aromatic carbocycles. The number of carbonyl (C=O) groups excluding carboxylic acids is 1. The van der Waals surface area contributed by atoms with Gasteiger partial charge < -0.3 is 0 Å². The first-order valence-corrected chi connectivity index (χ1v) is 13.1. The number of para-hydroxylation sites is 1. The Morgan fingerprint density at radius 2 is 1.58 bits per heavy atom. The highest BCUT2D eigenvalue weighted by Gasteiger charge is 2.38. The normalized spacial score (nSPS) is 18.1. The van der Waals surface area contributed by atoms with Crippen LogP contribution in [-0.2, 0) is 10.2 Å². The van der Waals surface area contributed by atoms with E-state index in [1.54, 1.807) is 16.4 Å². The molecule has 0 atom stereocenters. The van der Waals surface area contributed by atoms with E-state index in [4.69, 9.17) is 0 Å². The van der Waals surface area contributed by atoms with E-state index in [0.29, 0.717) is 5.69 Å². The molecular formula is C23H30N6O3S. The fourth-order valence-electron chi connectivity index (χ4n) is 4.98. The first-order chi connectivity index (χ1) is 16.0. The maximum atomic E-state index is 13.4. The van der Waals surface area contributed by atoms with Gasteiger partial charge in [0.05, 0.1) is 11.9 Å². The van der Waals surface area contributed by atoms with Crippen molar-refractivity contribution in [2.24, 2.45) is 0 Å². The van der Waals surface area contributed by atoms with Gasteiger partial charge in [-0.1, -0.05) is 56.7 Å². The first-order valence-electron chi connectivity index (χ1n) is 11.7. The third kappa shape index (κ3) is 5.37. The van der Waals surface area contributed by atoms with E-state index in [9.17, 15) is 18.5 Å². The van der Waals surface area contributed by atoms with Crippen LogP contribution in [0.3, 0.4) is 0 Å². The van der Waals surface area contributed by atoms with Crippen molar-refractivity contribution in [1.29, 1.82) is 5.26 Å². The predicted molar refractivity (Wildman–Crippen MR) is 125 cm³/mol. The molecule has 2 aromatic rings. The number of urea groups is 1. The molecule has 2 amide bonds. The molecule has 1 heterocycles. The zero-order chi connectivity index (χ0) is 23.3. The second-order valence-corrected chi connectivity index (χ2v) is 10.3. The number of nitrogens with zero attached hydrogens (tertiary/aromatic N) is 4. The van der Waals surface area contributed by atoms with Crippen molar-refractivity contribution in [1.82, 2.24) is 18.8 Å². The number of amides is 2. The fraction of sp³-hybridized carbons (Fsp3) is 0.522. The van der Waals surface area contributed by atoms with E-state index in [1.807, 2.05) is 24.3 Å². The van der Waals surface area contributed by atoms with E-state index in [-0.39, 0.29) is 23.5 Å². The number of hydrogen-bond acceptors (Lipinski definition) is 5. The van der Waals surface area contributed by atoms with E-state index < -0.39 is 16.2 Å². The van der Waals surface area contributed by atoms with Gasteiger partial charge in [-0.3, -0.25) is 5.32 Å². The summed E-state index contributed by atoms with van der Waals surface area (Å²) in [5.74, 6) is 0.123. The minimum atomic E-state index is -4.06. The van der Waals surface area contributed by atoms with Crippen molar-refractivity contribution in [3.63, 3.8) is 0 Å². The third-order valence-electron chi connectivity index (χ3n) is 6.49. The number of rotatable bonds is 6. The summed E-state index contributed by atoms with van der Waals surface area (Å²) in [4.78, 5) is 12.9. The predicted octanol–water partition coefficient (Wildman–Crippen LogP) is 4.08. The number of aromatic nitrogens is 2. The molecule has 0 bridgehead atoms. The minimum absolute atomic E-state index is 0.0864. The summed E-state index contributed by atoms with van der Waals surface area (Å²) in [5.41, 5.74) is 0.783. The second kappa shape index (κ2) is 10.4. The molecule has 1 aromatic heterocycles. The maximum absolute atomic E-state index is 13.4. The zero-order valence-electron chi connectivity index (χ0n) is 18.6. The lowest BCUT2D eigenvalue weighted by Crippen LogP contribution is -2.54. The van der Waals surface area contributed by atoms with Gasteiger partial charge in [-0.05, 0) is 37.8 Å². The van der Waals surface area contributed by atoms with Gasteiger partial charge in [-0.25, -0.2) is 14.2 Å². The molecule has 0 radical (unpaired) electrons. The molecule has 0 saturated heterocycles. The van der Waals surface area contributed by atoms with Crippen LogP contribution in [0.4, 0.5) is 10.6 Å². The summed E-state index contributed by atoms with van der Waals surface area (Å²) >= 11 is 0. The monoisotopic (exact) mass is 470 g/mol. The standard InChI is InChI=1S/C23H30N6O3S/c24-16-18-17-25-28(19-10-4-1-5-11-19)22(18)26-23(30)27-33(31,32)29(20-12-6-2-7-13-20)21-14-8-3-9-15-21/h1,4-5,10-11,17,20-21H,2-3,6-9,12-15H2,(H2,26,27,30). The van der Waals surface area contributed by atoms with E-state index in [2.05, 4.69) is 15.1 Å². The highest BCUT2D eigenvalue weighted by molar-refractivity contribution is 7.87. The molecule has 4 rings (SSSR count). The smallest absolute Gasteiger partial charge is 0.290 e. The number of hydrogen-bond donors (Lipinski definition) is 2. The highest BCUT2D eigenvalue weighted by atomic mass is 32.2. The van der Waals surface area contributed by atoms with Gasteiger partial charge in [-0.2, -0.15) is 23.1 Å². The molecule has 176 valence electrons. The molecule has 0 spiro atoms. The average Bonchev–Trinajstić information content (AvgIpc) is 3.23. The molecule has 33 heavy (non-hydrogen) atoms. The van der Waals surface area contributed by atoms with Crippen LogP contribution in [0.2, 0.25) is 0 Å². The third-order valence-corrected chi connectivity index (χ3v) is 8.09. The van der Waals surface area contributed by atoms with Crippen LogP contribution in [0.1, 0.15) is 69.8 Å². The molecule has 2 N–H and O–H groups in total. The Hall–Kier alpha value is -2.90. The fourth-order valence-corrected chi connectivity index (χ4v) is 6.58. The minimum Gasteiger partial charge on any atom is -0.290 e. The van der Waals surface area contributed by atoms with Gasteiger partial charge in [-0.15, -0.1) is 0 Å². The van der Waals surface area contributed by atoms with Crippen molar-refractivity contribution in [2.45, 2.75) is 76.3 Å². The summed E-state index contributed by atoms with van der Waals surface area (Å²) in [6, 6.07) is 9.94.